The first-order valence-corrected chi connectivity index (χ1v) is 7.14. The third-order valence-electron chi connectivity index (χ3n) is 3.26. The van der Waals surface area contributed by atoms with Crippen LogP contribution >= 0.6 is 0 Å². The normalized spacial score (nSPS) is 12.5. The number of aromatic nitrogens is 1. The minimum absolute atomic E-state index is 0.0698. The topological polar surface area (TPSA) is 45.9 Å². The van der Waals surface area contributed by atoms with Gasteiger partial charge in [0.05, 0.1) is 22.9 Å². The van der Waals surface area contributed by atoms with E-state index in [1.807, 2.05) is 6.92 Å². The average molecular weight is 320 g/mol. The van der Waals surface area contributed by atoms with Crippen LogP contribution in [-0.4, -0.2) is 4.98 Å². The molecule has 1 unspecified atom stereocenters. The number of halogens is 3. The molecule has 6 heteroatoms. The van der Waals surface area contributed by atoms with Crippen molar-refractivity contribution < 1.29 is 17.9 Å². The predicted octanol–water partition coefficient (Wildman–Crippen LogP) is 4.89. The van der Waals surface area contributed by atoms with Gasteiger partial charge in [-0.05, 0) is 36.8 Å². The number of ether oxygens (including phenoxy) is 1. The predicted molar refractivity (Wildman–Crippen MR) is 78.7 cm³/mol. The van der Waals surface area contributed by atoms with Gasteiger partial charge >= 0.3 is 6.18 Å². The van der Waals surface area contributed by atoms with Crippen molar-refractivity contribution in [1.29, 1.82) is 5.26 Å². The standard InChI is InChI=1S/C17H15F3N2O/c1-2-5-16(15-6-3-4-9-22-15)23-13-8-7-12(11-21)14(10-13)17(18,19)20/h3-4,6-10,16H,2,5H2,1H3. The Morgan fingerprint density at radius 3 is 2.61 bits per heavy atom. The third kappa shape index (κ3) is 4.22. The van der Waals surface area contributed by atoms with Crippen molar-refractivity contribution >= 4 is 0 Å². The van der Waals surface area contributed by atoms with E-state index in [4.69, 9.17) is 10.00 Å². The second-order valence-corrected chi connectivity index (χ2v) is 4.97. The smallest absolute Gasteiger partial charge is 0.417 e. The summed E-state index contributed by atoms with van der Waals surface area (Å²) in [7, 11) is 0. The van der Waals surface area contributed by atoms with Gasteiger partial charge in [0.15, 0.2) is 0 Å². The van der Waals surface area contributed by atoms with Crippen molar-refractivity contribution in [3.63, 3.8) is 0 Å². The summed E-state index contributed by atoms with van der Waals surface area (Å²) in [6, 6.07) is 10.2. The lowest BCUT2D eigenvalue weighted by Gasteiger charge is -2.19. The number of benzene rings is 1. The summed E-state index contributed by atoms with van der Waals surface area (Å²) in [6.45, 7) is 1.96. The van der Waals surface area contributed by atoms with Gasteiger partial charge in [-0.2, -0.15) is 18.4 Å². The van der Waals surface area contributed by atoms with Gasteiger partial charge in [0.2, 0.25) is 0 Å². The lowest BCUT2D eigenvalue weighted by Crippen LogP contribution is -2.11. The van der Waals surface area contributed by atoms with Crippen molar-refractivity contribution in [3.8, 4) is 11.8 Å². The van der Waals surface area contributed by atoms with Gasteiger partial charge in [-0.25, -0.2) is 0 Å². The summed E-state index contributed by atoms with van der Waals surface area (Å²) in [6.07, 6.45) is -2.01. The van der Waals surface area contributed by atoms with Crippen LogP contribution in [-0.2, 0) is 6.18 Å². The van der Waals surface area contributed by atoms with Crippen molar-refractivity contribution in [2.75, 3.05) is 0 Å². The van der Waals surface area contributed by atoms with E-state index in [0.717, 1.165) is 18.6 Å². The summed E-state index contributed by atoms with van der Waals surface area (Å²) in [5, 5.41) is 8.82. The lowest BCUT2D eigenvalue weighted by atomic mass is 10.1. The number of nitrogens with zero attached hydrogens (tertiary/aromatic N) is 2. The maximum absolute atomic E-state index is 13.0. The average Bonchev–Trinajstić information content (AvgIpc) is 2.54. The largest absolute Gasteiger partial charge is 0.484 e. The first-order valence-electron chi connectivity index (χ1n) is 7.14. The fraction of sp³-hybridized carbons (Fsp3) is 0.294. The molecule has 0 aliphatic rings. The molecule has 0 spiro atoms. The van der Waals surface area contributed by atoms with Gasteiger partial charge in [0.25, 0.3) is 0 Å². The van der Waals surface area contributed by atoms with Crippen molar-refractivity contribution in [3.05, 3.63) is 59.4 Å². The minimum atomic E-state index is -4.60. The lowest BCUT2D eigenvalue weighted by molar-refractivity contribution is -0.137. The molecule has 0 amide bonds. The van der Waals surface area contributed by atoms with Crippen LogP contribution in [0.15, 0.2) is 42.6 Å². The van der Waals surface area contributed by atoms with Crippen LogP contribution < -0.4 is 4.74 Å². The molecule has 0 aliphatic heterocycles. The summed E-state index contributed by atoms with van der Waals surface area (Å²) in [5.41, 5.74) is -0.754. The summed E-state index contributed by atoms with van der Waals surface area (Å²) < 4.78 is 44.7. The third-order valence-corrected chi connectivity index (χ3v) is 3.26. The zero-order valence-electron chi connectivity index (χ0n) is 12.5. The monoisotopic (exact) mass is 320 g/mol. The van der Waals surface area contributed by atoms with Gasteiger partial charge < -0.3 is 4.74 Å². The van der Waals surface area contributed by atoms with E-state index in [1.54, 1.807) is 30.5 Å². The zero-order valence-corrected chi connectivity index (χ0v) is 12.5. The Hall–Kier alpha value is -2.55. The molecule has 120 valence electrons. The Morgan fingerprint density at radius 2 is 2.04 bits per heavy atom. The van der Waals surface area contributed by atoms with Crippen LogP contribution in [0.4, 0.5) is 13.2 Å². The number of alkyl halides is 3. The molecule has 0 fully saturated rings. The maximum atomic E-state index is 13.0. The van der Waals surface area contributed by atoms with E-state index in [2.05, 4.69) is 4.98 Å². The van der Waals surface area contributed by atoms with E-state index in [9.17, 15) is 13.2 Å². The molecule has 0 saturated carbocycles. The van der Waals surface area contributed by atoms with Crippen LogP contribution in [0.25, 0.3) is 0 Å². The highest BCUT2D eigenvalue weighted by Gasteiger charge is 2.34. The van der Waals surface area contributed by atoms with Gasteiger partial charge in [-0.3, -0.25) is 4.98 Å². The summed E-state index contributed by atoms with van der Waals surface area (Å²) >= 11 is 0. The molecule has 0 radical (unpaired) electrons. The molecule has 1 aromatic carbocycles. The highest BCUT2D eigenvalue weighted by molar-refractivity contribution is 5.44. The summed E-state index contributed by atoms with van der Waals surface area (Å²) in [5.74, 6) is 0.0698. The number of nitriles is 1. The second kappa shape index (κ2) is 7.14. The molecule has 0 bridgehead atoms. The van der Waals surface area contributed by atoms with E-state index in [-0.39, 0.29) is 5.75 Å². The van der Waals surface area contributed by atoms with Crippen molar-refractivity contribution in [1.82, 2.24) is 4.98 Å². The maximum Gasteiger partial charge on any atom is 0.417 e. The SMILES string of the molecule is CCCC(Oc1ccc(C#N)c(C(F)(F)F)c1)c1ccccn1. The second-order valence-electron chi connectivity index (χ2n) is 4.97. The molecular weight excluding hydrogens is 305 g/mol. The van der Waals surface area contributed by atoms with Crippen molar-refractivity contribution in [2.45, 2.75) is 32.0 Å². The highest BCUT2D eigenvalue weighted by atomic mass is 19.4. The van der Waals surface area contributed by atoms with Crippen LogP contribution in [0, 0.1) is 11.3 Å². The van der Waals surface area contributed by atoms with E-state index < -0.39 is 23.4 Å². The van der Waals surface area contributed by atoms with Gasteiger partial charge in [0.1, 0.15) is 11.9 Å². The van der Waals surface area contributed by atoms with E-state index in [0.29, 0.717) is 12.1 Å². The fourth-order valence-electron chi connectivity index (χ4n) is 2.19. The number of pyridine rings is 1. The fourth-order valence-corrected chi connectivity index (χ4v) is 2.19. The highest BCUT2D eigenvalue weighted by Crippen LogP contribution is 2.35. The Bertz CT molecular complexity index is 693. The first-order chi connectivity index (χ1) is 11.0. The van der Waals surface area contributed by atoms with Crippen LogP contribution in [0.3, 0.4) is 0 Å². The molecule has 2 aromatic rings. The molecule has 0 N–H and O–H groups in total. The first kappa shape index (κ1) is 16.8. The Kier molecular flexibility index (Phi) is 5.22. The number of hydrogen-bond acceptors (Lipinski definition) is 3. The molecule has 23 heavy (non-hydrogen) atoms. The number of rotatable bonds is 5. The molecule has 0 saturated heterocycles. The van der Waals surface area contributed by atoms with Gasteiger partial charge in [-0.15, -0.1) is 0 Å². The van der Waals surface area contributed by atoms with Gasteiger partial charge in [-0.1, -0.05) is 19.4 Å². The Labute approximate surface area is 132 Å². The Morgan fingerprint density at radius 1 is 1.26 bits per heavy atom. The molecule has 1 heterocycles. The molecule has 0 aliphatic carbocycles. The van der Waals surface area contributed by atoms with Crippen LogP contribution in [0.5, 0.6) is 5.75 Å². The van der Waals surface area contributed by atoms with Gasteiger partial charge in [0, 0.05) is 6.20 Å². The minimum Gasteiger partial charge on any atom is -0.484 e. The molecular formula is C17H15F3N2O. The molecule has 1 atom stereocenters. The molecule has 2 rings (SSSR count). The Balaban J connectivity index is 2.33. The quantitative estimate of drug-likeness (QED) is 0.788. The number of hydrogen-bond donors (Lipinski definition) is 0. The van der Waals surface area contributed by atoms with Crippen LogP contribution in [0.2, 0.25) is 0 Å². The molecule has 3 nitrogen and oxygen atoms in total. The van der Waals surface area contributed by atoms with Crippen molar-refractivity contribution in [2.24, 2.45) is 0 Å². The van der Waals surface area contributed by atoms with E-state index in [1.165, 1.54) is 6.07 Å². The van der Waals surface area contributed by atoms with E-state index >= 15 is 0 Å². The summed E-state index contributed by atoms with van der Waals surface area (Å²) in [4.78, 5) is 4.20. The van der Waals surface area contributed by atoms with Crippen LogP contribution in [0.1, 0.15) is 42.7 Å². The molecule has 1 aromatic heterocycles. The zero-order chi connectivity index (χ0) is 16.9.